The van der Waals surface area contributed by atoms with Gasteiger partial charge in [0.2, 0.25) is 0 Å². The first-order valence-corrected chi connectivity index (χ1v) is 6.29. The fourth-order valence-electron chi connectivity index (χ4n) is 2.02. The van der Waals surface area contributed by atoms with E-state index in [0.717, 1.165) is 39.2 Å². The SMILES string of the molecule is CCCOCC(CC1CCCO1)NCC. The number of rotatable bonds is 8. The monoisotopic (exact) mass is 215 g/mol. The Hall–Kier alpha value is -0.120. The summed E-state index contributed by atoms with van der Waals surface area (Å²) in [5.74, 6) is 0. The minimum absolute atomic E-state index is 0.458. The molecule has 0 saturated carbocycles. The first kappa shape index (κ1) is 12.9. The van der Waals surface area contributed by atoms with Gasteiger partial charge in [-0.25, -0.2) is 0 Å². The topological polar surface area (TPSA) is 30.5 Å². The minimum atomic E-state index is 0.458. The average molecular weight is 215 g/mol. The van der Waals surface area contributed by atoms with E-state index in [9.17, 15) is 0 Å². The number of hydrogen-bond acceptors (Lipinski definition) is 3. The van der Waals surface area contributed by atoms with Crippen LogP contribution in [0.2, 0.25) is 0 Å². The van der Waals surface area contributed by atoms with Crippen LogP contribution in [0, 0.1) is 0 Å². The van der Waals surface area contributed by atoms with Gasteiger partial charge in [0.25, 0.3) is 0 Å². The maximum atomic E-state index is 5.64. The Morgan fingerprint density at radius 1 is 1.47 bits per heavy atom. The molecule has 0 spiro atoms. The summed E-state index contributed by atoms with van der Waals surface area (Å²) in [6.45, 7) is 7.92. The summed E-state index contributed by atoms with van der Waals surface area (Å²) < 4.78 is 11.2. The Morgan fingerprint density at radius 3 is 2.93 bits per heavy atom. The van der Waals surface area contributed by atoms with Crippen LogP contribution in [0.5, 0.6) is 0 Å². The Morgan fingerprint density at radius 2 is 2.33 bits per heavy atom. The van der Waals surface area contributed by atoms with Gasteiger partial charge >= 0.3 is 0 Å². The van der Waals surface area contributed by atoms with Crippen LogP contribution in [-0.2, 0) is 9.47 Å². The van der Waals surface area contributed by atoms with Crippen molar-refractivity contribution in [3.63, 3.8) is 0 Å². The molecule has 90 valence electrons. The maximum absolute atomic E-state index is 5.64. The van der Waals surface area contributed by atoms with E-state index in [1.54, 1.807) is 0 Å². The summed E-state index contributed by atoms with van der Waals surface area (Å²) in [5, 5.41) is 3.46. The van der Waals surface area contributed by atoms with Crippen LogP contribution in [0.4, 0.5) is 0 Å². The fraction of sp³-hybridized carbons (Fsp3) is 1.00. The number of likely N-dealkylation sites (N-methyl/N-ethyl adjacent to an activating group) is 1. The zero-order valence-electron chi connectivity index (χ0n) is 10.1. The molecule has 2 unspecified atom stereocenters. The highest BCUT2D eigenvalue weighted by Crippen LogP contribution is 2.17. The van der Waals surface area contributed by atoms with E-state index in [1.807, 2.05) is 0 Å². The van der Waals surface area contributed by atoms with Crippen molar-refractivity contribution in [3.8, 4) is 0 Å². The number of ether oxygens (including phenoxy) is 2. The summed E-state index contributed by atoms with van der Waals surface area (Å²) >= 11 is 0. The van der Waals surface area contributed by atoms with Crippen molar-refractivity contribution in [1.29, 1.82) is 0 Å². The van der Waals surface area contributed by atoms with Gasteiger partial charge in [0.05, 0.1) is 12.7 Å². The van der Waals surface area contributed by atoms with Crippen molar-refractivity contribution in [2.75, 3.05) is 26.4 Å². The molecule has 0 radical (unpaired) electrons. The average Bonchev–Trinajstić information content (AvgIpc) is 2.71. The molecule has 0 aromatic heterocycles. The van der Waals surface area contributed by atoms with E-state index in [4.69, 9.17) is 9.47 Å². The molecule has 1 aliphatic rings. The summed E-state index contributed by atoms with van der Waals surface area (Å²) in [6, 6.07) is 0.463. The van der Waals surface area contributed by atoms with Gasteiger partial charge in [-0.2, -0.15) is 0 Å². The van der Waals surface area contributed by atoms with E-state index in [-0.39, 0.29) is 0 Å². The Kier molecular flexibility index (Phi) is 6.98. The third-order valence-corrected chi connectivity index (χ3v) is 2.73. The van der Waals surface area contributed by atoms with Gasteiger partial charge in [0.15, 0.2) is 0 Å². The molecule has 1 N–H and O–H groups in total. The van der Waals surface area contributed by atoms with Crippen LogP contribution in [0.3, 0.4) is 0 Å². The minimum Gasteiger partial charge on any atom is -0.380 e. The van der Waals surface area contributed by atoms with Crippen molar-refractivity contribution < 1.29 is 9.47 Å². The van der Waals surface area contributed by atoms with Crippen molar-refractivity contribution in [2.24, 2.45) is 0 Å². The molecule has 0 aromatic carbocycles. The highest BCUT2D eigenvalue weighted by Gasteiger charge is 2.20. The van der Waals surface area contributed by atoms with E-state index in [1.165, 1.54) is 12.8 Å². The largest absolute Gasteiger partial charge is 0.380 e. The van der Waals surface area contributed by atoms with Gasteiger partial charge in [0, 0.05) is 19.3 Å². The van der Waals surface area contributed by atoms with E-state index in [2.05, 4.69) is 19.2 Å². The van der Waals surface area contributed by atoms with Gasteiger partial charge in [-0.3, -0.25) is 0 Å². The lowest BCUT2D eigenvalue weighted by Crippen LogP contribution is -2.36. The zero-order chi connectivity index (χ0) is 10.9. The quantitative estimate of drug-likeness (QED) is 0.628. The maximum Gasteiger partial charge on any atom is 0.0620 e. The molecular formula is C12H25NO2. The van der Waals surface area contributed by atoms with Crippen LogP contribution < -0.4 is 5.32 Å². The molecule has 3 heteroatoms. The molecule has 1 fully saturated rings. The number of nitrogens with one attached hydrogen (secondary N) is 1. The van der Waals surface area contributed by atoms with Gasteiger partial charge in [-0.1, -0.05) is 13.8 Å². The molecular weight excluding hydrogens is 190 g/mol. The van der Waals surface area contributed by atoms with Crippen molar-refractivity contribution >= 4 is 0 Å². The van der Waals surface area contributed by atoms with Crippen molar-refractivity contribution in [1.82, 2.24) is 5.32 Å². The Labute approximate surface area is 93.5 Å². The second-order valence-corrected chi connectivity index (χ2v) is 4.20. The van der Waals surface area contributed by atoms with Crippen molar-refractivity contribution in [3.05, 3.63) is 0 Å². The van der Waals surface area contributed by atoms with Crippen LogP contribution in [0.1, 0.15) is 39.5 Å². The standard InChI is InChI=1S/C12H25NO2/c1-3-7-14-10-11(13-4-2)9-12-6-5-8-15-12/h11-13H,3-10H2,1-2H3. The molecule has 15 heavy (non-hydrogen) atoms. The first-order valence-electron chi connectivity index (χ1n) is 6.29. The van der Waals surface area contributed by atoms with E-state index in [0.29, 0.717) is 12.1 Å². The van der Waals surface area contributed by atoms with Crippen LogP contribution in [-0.4, -0.2) is 38.5 Å². The van der Waals surface area contributed by atoms with Gasteiger partial charge in [0.1, 0.15) is 0 Å². The first-order chi connectivity index (χ1) is 7.36. The van der Waals surface area contributed by atoms with Gasteiger partial charge < -0.3 is 14.8 Å². The van der Waals surface area contributed by atoms with Crippen LogP contribution in [0.15, 0.2) is 0 Å². The molecule has 2 atom stereocenters. The normalized spacial score (nSPS) is 23.2. The molecule has 1 aliphatic heterocycles. The molecule has 0 aliphatic carbocycles. The van der Waals surface area contributed by atoms with E-state index < -0.39 is 0 Å². The summed E-state index contributed by atoms with van der Waals surface area (Å²) in [6.07, 6.45) is 5.09. The fourth-order valence-corrected chi connectivity index (χ4v) is 2.02. The molecule has 0 aromatic rings. The van der Waals surface area contributed by atoms with E-state index >= 15 is 0 Å². The van der Waals surface area contributed by atoms with Gasteiger partial charge in [-0.15, -0.1) is 0 Å². The van der Waals surface area contributed by atoms with Gasteiger partial charge in [-0.05, 0) is 32.2 Å². The van der Waals surface area contributed by atoms with Crippen LogP contribution >= 0.6 is 0 Å². The molecule has 1 rings (SSSR count). The predicted molar refractivity (Wildman–Crippen MR) is 62.2 cm³/mol. The highest BCUT2D eigenvalue weighted by atomic mass is 16.5. The molecule has 1 heterocycles. The predicted octanol–water partition coefficient (Wildman–Crippen LogP) is 1.96. The molecule has 1 saturated heterocycles. The second-order valence-electron chi connectivity index (χ2n) is 4.20. The summed E-state index contributed by atoms with van der Waals surface area (Å²) in [7, 11) is 0. The Balaban J connectivity index is 2.16. The lowest BCUT2D eigenvalue weighted by Gasteiger charge is -2.21. The molecule has 3 nitrogen and oxygen atoms in total. The Bertz CT molecular complexity index is 147. The summed E-state index contributed by atoms with van der Waals surface area (Å²) in [5.41, 5.74) is 0. The molecule has 0 bridgehead atoms. The smallest absolute Gasteiger partial charge is 0.0620 e. The third kappa shape index (κ3) is 5.50. The molecule has 0 amide bonds. The zero-order valence-corrected chi connectivity index (χ0v) is 10.1. The number of hydrogen-bond donors (Lipinski definition) is 1. The summed E-state index contributed by atoms with van der Waals surface area (Å²) in [4.78, 5) is 0. The second kappa shape index (κ2) is 8.08. The third-order valence-electron chi connectivity index (χ3n) is 2.73. The lowest BCUT2D eigenvalue weighted by atomic mass is 10.1. The lowest BCUT2D eigenvalue weighted by molar-refractivity contribution is 0.0641. The van der Waals surface area contributed by atoms with Crippen molar-refractivity contribution in [2.45, 2.75) is 51.7 Å². The highest BCUT2D eigenvalue weighted by molar-refractivity contribution is 4.74. The van der Waals surface area contributed by atoms with Crippen LogP contribution in [0.25, 0.3) is 0 Å².